The van der Waals surface area contributed by atoms with E-state index in [1.165, 1.54) is 17.5 Å². The van der Waals surface area contributed by atoms with Crippen LogP contribution >= 0.6 is 0 Å². The molecule has 1 unspecified atom stereocenters. The van der Waals surface area contributed by atoms with E-state index in [4.69, 9.17) is 4.74 Å². The summed E-state index contributed by atoms with van der Waals surface area (Å²) in [7, 11) is 1.68. The number of carbonyl (C=O) groups excluding carboxylic acids is 1. The quantitative estimate of drug-likeness (QED) is 0.907. The van der Waals surface area contributed by atoms with Crippen molar-refractivity contribution in [2.24, 2.45) is 5.41 Å². The summed E-state index contributed by atoms with van der Waals surface area (Å²) >= 11 is 0. The van der Waals surface area contributed by atoms with Gasteiger partial charge in [-0.2, -0.15) is 0 Å². The lowest BCUT2D eigenvalue weighted by Gasteiger charge is -2.42. The molecular formula is C19H27NO3. The van der Waals surface area contributed by atoms with Crippen LogP contribution in [0.2, 0.25) is 0 Å². The van der Waals surface area contributed by atoms with Gasteiger partial charge in [0.05, 0.1) is 6.61 Å². The van der Waals surface area contributed by atoms with Gasteiger partial charge in [-0.1, -0.05) is 6.07 Å². The maximum Gasteiger partial charge on any atom is 0.253 e. The highest BCUT2D eigenvalue weighted by Crippen LogP contribution is 2.34. The molecule has 1 aliphatic carbocycles. The lowest BCUT2D eigenvalue weighted by molar-refractivity contribution is 0.00898. The molecule has 1 atom stereocenters. The Morgan fingerprint density at radius 2 is 2.13 bits per heavy atom. The summed E-state index contributed by atoms with van der Waals surface area (Å²) in [6, 6.07) is 6.16. The number of methoxy groups -OCH3 is 1. The number of aryl methyl sites for hydroxylation is 2. The molecule has 0 saturated carbocycles. The maximum absolute atomic E-state index is 12.9. The molecule has 4 nitrogen and oxygen atoms in total. The number of aliphatic hydroxyl groups is 1. The molecule has 3 rings (SSSR count). The number of rotatable bonds is 5. The molecule has 1 aromatic rings. The Morgan fingerprint density at radius 1 is 1.30 bits per heavy atom. The minimum atomic E-state index is -0.208. The zero-order valence-electron chi connectivity index (χ0n) is 14.0. The number of benzene rings is 1. The van der Waals surface area contributed by atoms with Crippen LogP contribution in [0.3, 0.4) is 0 Å². The van der Waals surface area contributed by atoms with Gasteiger partial charge in [-0.05, 0) is 61.8 Å². The Hall–Kier alpha value is -1.39. The Bertz CT molecular complexity index is 572. The van der Waals surface area contributed by atoms with Crippen LogP contribution < -0.4 is 0 Å². The smallest absolute Gasteiger partial charge is 0.253 e. The molecule has 1 aliphatic heterocycles. The molecule has 23 heavy (non-hydrogen) atoms. The summed E-state index contributed by atoms with van der Waals surface area (Å²) in [6.45, 7) is 2.15. The van der Waals surface area contributed by atoms with E-state index in [1.807, 2.05) is 11.0 Å². The lowest BCUT2D eigenvalue weighted by atomic mass is 9.78. The summed E-state index contributed by atoms with van der Waals surface area (Å²) in [4.78, 5) is 14.8. The van der Waals surface area contributed by atoms with E-state index >= 15 is 0 Å². The zero-order chi connectivity index (χ0) is 16.3. The number of ether oxygens (including phenoxy) is 1. The molecule has 126 valence electrons. The molecule has 2 aliphatic rings. The largest absolute Gasteiger partial charge is 0.396 e. The predicted octanol–water partition coefficient (Wildman–Crippen LogP) is 2.43. The summed E-state index contributed by atoms with van der Waals surface area (Å²) in [5.41, 5.74) is 3.32. The van der Waals surface area contributed by atoms with Gasteiger partial charge in [0.2, 0.25) is 0 Å². The average molecular weight is 317 g/mol. The highest BCUT2D eigenvalue weighted by atomic mass is 16.5. The van der Waals surface area contributed by atoms with E-state index in [0.29, 0.717) is 13.2 Å². The lowest BCUT2D eigenvalue weighted by Crippen LogP contribution is -2.48. The van der Waals surface area contributed by atoms with E-state index in [1.54, 1.807) is 7.11 Å². The van der Waals surface area contributed by atoms with Crippen molar-refractivity contribution in [2.45, 2.75) is 38.5 Å². The van der Waals surface area contributed by atoms with Gasteiger partial charge in [-0.3, -0.25) is 4.79 Å². The Kier molecular flexibility index (Phi) is 5.02. The van der Waals surface area contributed by atoms with E-state index in [9.17, 15) is 9.90 Å². The number of likely N-dealkylation sites (tertiary alicyclic amines) is 1. The van der Waals surface area contributed by atoms with E-state index < -0.39 is 0 Å². The molecule has 0 bridgehead atoms. The Labute approximate surface area is 138 Å². The summed E-state index contributed by atoms with van der Waals surface area (Å²) in [5, 5.41) is 9.87. The number of amides is 1. The molecule has 1 fully saturated rings. The van der Waals surface area contributed by atoms with Crippen molar-refractivity contribution in [1.29, 1.82) is 0 Å². The average Bonchev–Trinajstić information content (AvgIpc) is 3.07. The van der Waals surface area contributed by atoms with Crippen LogP contribution in [0.15, 0.2) is 18.2 Å². The normalized spacial score (nSPS) is 23.8. The van der Waals surface area contributed by atoms with Crippen LogP contribution in [-0.2, 0) is 17.6 Å². The van der Waals surface area contributed by atoms with Gasteiger partial charge in [-0.15, -0.1) is 0 Å². The third-order valence-electron chi connectivity index (χ3n) is 5.47. The van der Waals surface area contributed by atoms with Crippen molar-refractivity contribution in [3.63, 3.8) is 0 Å². The molecule has 4 heteroatoms. The van der Waals surface area contributed by atoms with Crippen molar-refractivity contribution in [3.05, 3.63) is 34.9 Å². The second kappa shape index (κ2) is 7.02. The molecule has 0 aromatic heterocycles. The van der Waals surface area contributed by atoms with Crippen LogP contribution in [0.25, 0.3) is 0 Å². The predicted molar refractivity (Wildman–Crippen MR) is 89.6 cm³/mol. The zero-order valence-corrected chi connectivity index (χ0v) is 14.0. The van der Waals surface area contributed by atoms with Crippen LogP contribution in [0.4, 0.5) is 0 Å². The van der Waals surface area contributed by atoms with Crippen LogP contribution in [0, 0.1) is 5.41 Å². The fourth-order valence-electron chi connectivity index (χ4n) is 4.00. The molecule has 1 N–H and O–H groups in total. The number of piperidine rings is 1. The maximum atomic E-state index is 12.9. The van der Waals surface area contributed by atoms with Crippen molar-refractivity contribution in [3.8, 4) is 0 Å². The number of carbonyl (C=O) groups is 1. The van der Waals surface area contributed by atoms with Gasteiger partial charge in [0, 0.05) is 37.8 Å². The Balaban J connectivity index is 1.74. The first-order valence-electron chi connectivity index (χ1n) is 8.68. The molecule has 1 amide bonds. The number of hydrogen-bond donors (Lipinski definition) is 1. The van der Waals surface area contributed by atoms with Gasteiger partial charge in [0.15, 0.2) is 0 Å². The number of aliphatic hydroxyl groups excluding tert-OH is 1. The third kappa shape index (κ3) is 3.43. The second-order valence-corrected chi connectivity index (χ2v) is 7.07. The van der Waals surface area contributed by atoms with Crippen LogP contribution in [0.5, 0.6) is 0 Å². The SMILES string of the molecule is COCCC1(CO)CCCN(C(=O)c2ccc3c(c2)CCC3)C1. The van der Waals surface area contributed by atoms with Gasteiger partial charge in [0.25, 0.3) is 5.91 Å². The molecule has 0 radical (unpaired) electrons. The number of fused-ring (bicyclic) bond motifs is 1. The monoisotopic (exact) mass is 317 g/mol. The highest BCUT2D eigenvalue weighted by Gasteiger charge is 2.36. The molecule has 0 spiro atoms. The minimum absolute atomic E-state index is 0.106. The molecule has 1 saturated heterocycles. The summed E-state index contributed by atoms with van der Waals surface area (Å²) < 4.78 is 5.19. The number of hydrogen-bond acceptors (Lipinski definition) is 3. The summed E-state index contributed by atoms with van der Waals surface area (Å²) in [5.74, 6) is 0.106. The van der Waals surface area contributed by atoms with E-state index in [0.717, 1.165) is 44.2 Å². The van der Waals surface area contributed by atoms with Crippen LogP contribution in [0.1, 0.15) is 47.2 Å². The topological polar surface area (TPSA) is 49.8 Å². The first kappa shape index (κ1) is 16.5. The molecule has 1 aromatic carbocycles. The van der Waals surface area contributed by atoms with Crippen LogP contribution in [-0.4, -0.2) is 49.3 Å². The van der Waals surface area contributed by atoms with Crippen molar-refractivity contribution < 1.29 is 14.6 Å². The second-order valence-electron chi connectivity index (χ2n) is 7.07. The van der Waals surface area contributed by atoms with Gasteiger partial charge < -0.3 is 14.7 Å². The van der Waals surface area contributed by atoms with E-state index in [2.05, 4.69) is 12.1 Å². The van der Waals surface area contributed by atoms with Crippen molar-refractivity contribution >= 4 is 5.91 Å². The highest BCUT2D eigenvalue weighted by molar-refractivity contribution is 5.94. The van der Waals surface area contributed by atoms with Crippen molar-refractivity contribution in [1.82, 2.24) is 4.90 Å². The van der Waals surface area contributed by atoms with Gasteiger partial charge in [-0.25, -0.2) is 0 Å². The summed E-state index contributed by atoms with van der Waals surface area (Å²) in [6.07, 6.45) is 6.13. The molecular weight excluding hydrogens is 290 g/mol. The molecule has 1 heterocycles. The first-order chi connectivity index (χ1) is 11.2. The van der Waals surface area contributed by atoms with Gasteiger partial charge >= 0.3 is 0 Å². The standard InChI is InChI=1S/C19H27NO3/c1-23-11-9-19(14-21)8-3-10-20(13-19)18(22)17-7-6-15-4-2-5-16(15)12-17/h6-7,12,21H,2-5,8-11,13-14H2,1H3. The first-order valence-corrected chi connectivity index (χ1v) is 8.68. The number of nitrogens with zero attached hydrogens (tertiary/aromatic N) is 1. The Morgan fingerprint density at radius 3 is 2.91 bits per heavy atom. The minimum Gasteiger partial charge on any atom is -0.396 e. The third-order valence-corrected chi connectivity index (χ3v) is 5.47. The van der Waals surface area contributed by atoms with E-state index in [-0.39, 0.29) is 17.9 Å². The van der Waals surface area contributed by atoms with Gasteiger partial charge in [0.1, 0.15) is 0 Å². The fourth-order valence-corrected chi connectivity index (χ4v) is 4.00. The van der Waals surface area contributed by atoms with Crippen molar-refractivity contribution in [2.75, 3.05) is 33.4 Å². The fraction of sp³-hybridized carbons (Fsp3) is 0.632.